The van der Waals surface area contributed by atoms with Gasteiger partial charge in [0.05, 0.1) is 17.9 Å². The number of benzene rings is 1. The maximum Gasteiger partial charge on any atom is 0.338 e. The summed E-state index contributed by atoms with van der Waals surface area (Å²) in [6, 6.07) is 5.43. The number of allylic oxidation sites excluding steroid dienone is 1. The lowest BCUT2D eigenvalue weighted by Crippen LogP contribution is -2.07. The predicted molar refractivity (Wildman–Crippen MR) is 99.2 cm³/mol. The van der Waals surface area contributed by atoms with Gasteiger partial charge in [0.2, 0.25) is 5.82 Å². The Labute approximate surface area is 159 Å². The summed E-state index contributed by atoms with van der Waals surface area (Å²) in [7, 11) is 0. The molecule has 1 aromatic heterocycles. The monoisotopic (exact) mass is 536 g/mol. The van der Waals surface area contributed by atoms with Crippen LogP contribution in [-0.4, -0.2) is 33.2 Å². The lowest BCUT2D eigenvalue weighted by molar-refractivity contribution is 0.0526. The maximum absolute atomic E-state index is 11.8. The first kappa shape index (κ1) is 17.6. The zero-order valence-corrected chi connectivity index (χ0v) is 16.1. The van der Waals surface area contributed by atoms with E-state index in [9.17, 15) is 4.79 Å². The minimum Gasteiger partial charge on any atom is -0.462 e. The lowest BCUT2D eigenvalue weighted by atomic mass is 10.2. The molecule has 0 bridgehead atoms. The number of ether oxygens (including phenoxy) is 1. The fourth-order valence-corrected chi connectivity index (χ4v) is 3.69. The quantitative estimate of drug-likeness (QED) is 0.343. The first-order chi connectivity index (χ1) is 11.1. The highest BCUT2D eigenvalue weighted by molar-refractivity contribution is 14.1. The molecule has 2 N–H and O–H groups in total. The van der Waals surface area contributed by atoms with Crippen LogP contribution in [0.25, 0.3) is 5.57 Å². The number of aromatic nitrogens is 4. The Bertz CT molecular complexity index is 759. The van der Waals surface area contributed by atoms with Gasteiger partial charge in [0.15, 0.2) is 0 Å². The van der Waals surface area contributed by atoms with Gasteiger partial charge in [-0.1, -0.05) is 0 Å². The molecule has 0 aliphatic carbocycles. The third kappa shape index (κ3) is 4.38. The average molecular weight is 536 g/mol. The van der Waals surface area contributed by atoms with E-state index >= 15 is 0 Å². The molecule has 10 heteroatoms. The van der Waals surface area contributed by atoms with Crippen LogP contribution in [0.5, 0.6) is 0 Å². The molecule has 1 aromatic carbocycles. The van der Waals surface area contributed by atoms with Crippen LogP contribution in [-0.2, 0) is 4.74 Å². The Kier molecular flexibility index (Phi) is 6.28. The van der Waals surface area contributed by atoms with Gasteiger partial charge >= 0.3 is 5.97 Å². The molecule has 0 fully saturated rings. The second-order valence-corrected chi connectivity index (χ2v) is 6.41. The fourth-order valence-electron chi connectivity index (χ4n) is 1.61. The molecule has 0 spiro atoms. The number of nitrogens with one attached hydrogen (secondary N) is 2. The summed E-state index contributed by atoms with van der Waals surface area (Å²) in [6.45, 7) is 2.08. The molecular formula is C13H10I2N6O2. The zero-order valence-electron chi connectivity index (χ0n) is 11.8. The highest BCUT2D eigenvalue weighted by Crippen LogP contribution is 2.27. The van der Waals surface area contributed by atoms with Crippen molar-refractivity contribution in [1.82, 2.24) is 20.6 Å². The van der Waals surface area contributed by atoms with E-state index in [0.717, 1.165) is 12.8 Å². The van der Waals surface area contributed by atoms with Gasteiger partial charge < -0.3 is 10.1 Å². The Morgan fingerprint density at radius 2 is 2.17 bits per heavy atom. The van der Waals surface area contributed by atoms with Crippen LogP contribution in [0.1, 0.15) is 23.1 Å². The topological polar surface area (TPSA) is 117 Å². The number of nitriles is 1. The molecule has 0 atom stereocenters. The largest absolute Gasteiger partial charge is 0.462 e. The third-order valence-electron chi connectivity index (χ3n) is 2.62. The molecule has 0 unspecified atom stereocenters. The molecule has 0 aliphatic rings. The van der Waals surface area contributed by atoms with E-state index in [0.29, 0.717) is 12.2 Å². The normalized spacial score (nSPS) is 11.0. The van der Waals surface area contributed by atoms with Crippen LogP contribution in [0.15, 0.2) is 18.3 Å². The predicted octanol–water partition coefficient (Wildman–Crippen LogP) is 2.56. The van der Waals surface area contributed by atoms with E-state index in [1.54, 1.807) is 19.1 Å². The van der Waals surface area contributed by atoms with Crippen LogP contribution in [0.4, 0.5) is 5.69 Å². The molecule has 0 radical (unpaired) electrons. The number of hydrogen-bond acceptors (Lipinski definition) is 7. The fraction of sp³-hybridized carbons (Fsp3) is 0.154. The van der Waals surface area contributed by atoms with Crippen molar-refractivity contribution in [3.05, 3.63) is 36.9 Å². The average Bonchev–Trinajstić information content (AvgIpc) is 3.04. The van der Waals surface area contributed by atoms with E-state index in [1.807, 2.05) is 6.07 Å². The third-order valence-corrected chi connectivity index (χ3v) is 4.32. The number of carbonyl (C=O) groups is 1. The molecule has 0 aliphatic heterocycles. The van der Waals surface area contributed by atoms with Gasteiger partial charge in [0.1, 0.15) is 11.6 Å². The van der Waals surface area contributed by atoms with E-state index in [2.05, 4.69) is 71.1 Å². The van der Waals surface area contributed by atoms with Crippen LogP contribution in [0.3, 0.4) is 0 Å². The van der Waals surface area contributed by atoms with Crippen molar-refractivity contribution in [1.29, 1.82) is 5.26 Å². The van der Waals surface area contributed by atoms with E-state index in [-0.39, 0.29) is 17.4 Å². The van der Waals surface area contributed by atoms with Crippen LogP contribution >= 0.6 is 45.2 Å². The van der Waals surface area contributed by atoms with Gasteiger partial charge in [-0.3, -0.25) is 0 Å². The van der Waals surface area contributed by atoms with E-state index in [4.69, 9.17) is 10.00 Å². The Morgan fingerprint density at radius 1 is 1.48 bits per heavy atom. The highest BCUT2D eigenvalue weighted by Gasteiger charge is 2.13. The number of carbonyl (C=O) groups excluding carboxylic acids is 1. The molecular weight excluding hydrogens is 526 g/mol. The molecule has 23 heavy (non-hydrogen) atoms. The van der Waals surface area contributed by atoms with Gasteiger partial charge in [0, 0.05) is 13.3 Å². The number of aromatic amines is 1. The number of tetrazole rings is 1. The summed E-state index contributed by atoms with van der Waals surface area (Å²) in [5, 5.41) is 25.4. The van der Waals surface area contributed by atoms with Crippen LogP contribution < -0.4 is 5.32 Å². The van der Waals surface area contributed by atoms with Crippen molar-refractivity contribution in [3.8, 4) is 6.07 Å². The van der Waals surface area contributed by atoms with Crippen LogP contribution in [0.2, 0.25) is 0 Å². The number of nitrogens with zero attached hydrogens (tertiary/aromatic N) is 4. The summed E-state index contributed by atoms with van der Waals surface area (Å²) >= 11 is 4.22. The van der Waals surface area contributed by atoms with Gasteiger partial charge in [0.25, 0.3) is 0 Å². The molecule has 0 amide bonds. The Morgan fingerprint density at radius 3 is 2.70 bits per heavy atom. The van der Waals surface area contributed by atoms with Gasteiger partial charge in [-0.15, -0.1) is 10.2 Å². The maximum atomic E-state index is 11.8. The lowest BCUT2D eigenvalue weighted by Gasteiger charge is -2.10. The molecule has 118 valence electrons. The SMILES string of the molecule is CCOC(=O)c1cc(I)c(NC=C(C#N)c2nn[nH]n2)c(I)c1. The number of hydrogen-bond donors (Lipinski definition) is 2. The first-order valence-corrected chi connectivity index (χ1v) is 8.49. The van der Waals surface area contributed by atoms with Crippen molar-refractivity contribution in [3.63, 3.8) is 0 Å². The number of anilines is 1. The van der Waals surface area contributed by atoms with E-state index < -0.39 is 0 Å². The minimum absolute atomic E-state index is 0.202. The van der Waals surface area contributed by atoms with Crippen molar-refractivity contribution < 1.29 is 9.53 Å². The second-order valence-electron chi connectivity index (χ2n) is 4.08. The Hall–Kier alpha value is -1.75. The van der Waals surface area contributed by atoms with Crippen molar-refractivity contribution >= 4 is 62.4 Å². The number of esters is 1. The summed E-state index contributed by atoms with van der Waals surface area (Å²) < 4.78 is 6.63. The van der Waals surface area contributed by atoms with Crippen molar-refractivity contribution in [2.75, 3.05) is 11.9 Å². The summed E-state index contributed by atoms with van der Waals surface area (Å²) in [4.78, 5) is 11.8. The molecule has 0 saturated heterocycles. The van der Waals surface area contributed by atoms with Gasteiger partial charge in [-0.05, 0) is 69.5 Å². The molecule has 8 nitrogen and oxygen atoms in total. The Balaban J connectivity index is 2.27. The van der Waals surface area contributed by atoms with E-state index in [1.165, 1.54) is 6.20 Å². The molecule has 0 saturated carbocycles. The molecule has 2 rings (SSSR count). The number of halogens is 2. The number of rotatable bonds is 5. The summed E-state index contributed by atoms with van der Waals surface area (Å²) in [5.74, 6) is -0.164. The van der Waals surface area contributed by atoms with Crippen LogP contribution in [0, 0.1) is 18.5 Å². The summed E-state index contributed by atoms with van der Waals surface area (Å²) in [5.41, 5.74) is 1.49. The second kappa shape index (κ2) is 8.20. The van der Waals surface area contributed by atoms with Crippen molar-refractivity contribution in [2.24, 2.45) is 0 Å². The highest BCUT2D eigenvalue weighted by atomic mass is 127. The summed E-state index contributed by atoms with van der Waals surface area (Å²) in [6.07, 6.45) is 1.49. The van der Waals surface area contributed by atoms with Crippen molar-refractivity contribution in [2.45, 2.75) is 6.92 Å². The molecule has 1 heterocycles. The van der Waals surface area contributed by atoms with Gasteiger partial charge in [-0.2, -0.15) is 10.5 Å². The standard InChI is InChI=1S/C13H10I2N6O2/c1-2-23-13(22)7-3-9(14)11(10(15)4-7)17-6-8(5-16)12-18-20-21-19-12/h3-4,6,17H,2H2,1H3,(H,18,19,20,21). The first-order valence-electron chi connectivity index (χ1n) is 6.33. The molecule has 2 aromatic rings. The number of H-pyrrole nitrogens is 1. The zero-order chi connectivity index (χ0) is 16.8. The van der Waals surface area contributed by atoms with Gasteiger partial charge in [-0.25, -0.2) is 4.79 Å². The smallest absolute Gasteiger partial charge is 0.338 e. The minimum atomic E-state index is -0.366.